The van der Waals surface area contributed by atoms with Crippen molar-refractivity contribution in [1.29, 1.82) is 0 Å². The molecule has 0 unspecified atom stereocenters. The second kappa shape index (κ2) is 5.19. The molecule has 1 aliphatic rings. The average molecular weight is 255 g/mol. The standard InChI is InChI=1S/C12H19ClN4/c1-17(2)12(5-3-4-6-12)9-16-11-10(13)14-7-8-15-11/h7-8H,3-6,9H2,1-2H3,(H,15,16). The first-order valence-corrected chi connectivity index (χ1v) is 6.40. The highest BCUT2D eigenvalue weighted by Gasteiger charge is 2.35. The zero-order valence-corrected chi connectivity index (χ0v) is 11.2. The van der Waals surface area contributed by atoms with Crippen LogP contribution in [0.15, 0.2) is 12.4 Å². The molecule has 0 saturated heterocycles. The molecule has 0 aliphatic heterocycles. The molecule has 0 atom stereocenters. The van der Waals surface area contributed by atoms with Gasteiger partial charge in [0.15, 0.2) is 11.0 Å². The topological polar surface area (TPSA) is 41.0 Å². The number of likely N-dealkylation sites (N-methyl/N-ethyl adjacent to an activating group) is 1. The van der Waals surface area contributed by atoms with Gasteiger partial charge in [0.2, 0.25) is 0 Å². The lowest BCUT2D eigenvalue weighted by Crippen LogP contribution is -2.47. The van der Waals surface area contributed by atoms with E-state index in [1.807, 2.05) is 0 Å². The highest BCUT2D eigenvalue weighted by molar-refractivity contribution is 6.31. The highest BCUT2D eigenvalue weighted by Crippen LogP contribution is 2.34. The number of aromatic nitrogens is 2. The van der Waals surface area contributed by atoms with Gasteiger partial charge in [-0.2, -0.15) is 0 Å². The number of hydrogen-bond donors (Lipinski definition) is 1. The van der Waals surface area contributed by atoms with Crippen LogP contribution >= 0.6 is 11.6 Å². The average Bonchev–Trinajstić information content (AvgIpc) is 2.78. The monoisotopic (exact) mass is 254 g/mol. The Hall–Kier alpha value is -0.870. The summed E-state index contributed by atoms with van der Waals surface area (Å²) in [7, 11) is 4.29. The Balaban J connectivity index is 2.03. The van der Waals surface area contributed by atoms with Crippen molar-refractivity contribution in [2.45, 2.75) is 31.2 Å². The zero-order chi connectivity index (χ0) is 12.3. The molecule has 1 fully saturated rings. The van der Waals surface area contributed by atoms with Crippen molar-refractivity contribution >= 4 is 17.4 Å². The van der Waals surface area contributed by atoms with E-state index in [4.69, 9.17) is 11.6 Å². The Morgan fingerprint density at radius 3 is 2.53 bits per heavy atom. The van der Waals surface area contributed by atoms with E-state index in [1.165, 1.54) is 25.7 Å². The minimum atomic E-state index is 0.237. The van der Waals surface area contributed by atoms with Crippen molar-refractivity contribution in [3.63, 3.8) is 0 Å². The van der Waals surface area contributed by atoms with Crippen molar-refractivity contribution in [3.8, 4) is 0 Å². The number of nitrogens with zero attached hydrogens (tertiary/aromatic N) is 3. The van der Waals surface area contributed by atoms with Crippen LogP contribution in [-0.4, -0.2) is 41.0 Å². The molecule has 1 heterocycles. The van der Waals surface area contributed by atoms with E-state index in [2.05, 4.69) is 34.3 Å². The van der Waals surface area contributed by atoms with E-state index in [-0.39, 0.29) is 5.54 Å². The summed E-state index contributed by atoms with van der Waals surface area (Å²) in [6, 6.07) is 0. The molecule has 17 heavy (non-hydrogen) atoms. The van der Waals surface area contributed by atoms with Crippen LogP contribution < -0.4 is 5.32 Å². The van der Waals surface area contributed by atoms with Crippen molar-refractivity contribution in [1.82, 2.24) is 14.9 Å². The fraction of sp³-hybridized carbons (Fsp3) is 0.667. The molecule has 0 spiro atoms. The van der Waals surface area contributed by atoms with Gasteiger partial charge in [-0.25, -0.2) is 9.97 Å². The van der Waals surface area contributed by atoms with E-state index in [9.17, 15) is 0 Å². The molecular weight excluding hydrogens is 236 g/mol. The zero-order valence-electron chi connectivity index (χ0n) is 10.4. The lowest BCUT2D eigenvalue weighted by atomic mass is 9.96. The van der Waals surface area contributed by atoms with Crippen LogP contribution in [0, 0.1) is 0 Å². The molecule has 94 valence electrons. The minimum Gasteiger partial charge on any atom is -0.366 e. The number of hydrogen-bond acceptors (Lipinski definition) is 4. The Morgan fingerprint density at radius 1 is 1.29 bits per heavy atom. The maximum absolute atomic E-state index is 5.98. The molecule has 0 bridgehead atoms. The van der Waals surface area contributed by atoms with E-state index in [0.29, 0.717) is 11.0 Å². The Kier molecular flexibility index (Phi) is 3.84. The fourth-order valence-electron chi connectivity index (χ4n) is 2.50. The first kappa shape index (κ1) is 12.6. The third kappa shape index (κ3) is 2.69. The molecular formula is C12H19ClN4. The van der Waals surface area contributed by atoms with E-state index in [1.54, 1.807) is 12.4 Å². The Labute approximate surface area is 107 Å². The third-order valence-electron chi connectivity index (χ3n) is 3.72. The summed E-state index contributed by atoms with van der Waals surface area (Å²) in [4.78, 5) is 10.5. The van der Waals surface area contributed by atoms with Crippen molar-refractivity contribution in [2.75, 3.05) is 26.0 Å². The number of rotatable bonds is 4. The second-order valence-corrected chi connectivity index (χ2v) is 5.23. The Bertz CT molecular complexity index is 375. The SMILES string of the molecule is CN(C)C1(CNc2nccnc2Cl)CCCC1. The lowest BCUT2D eigenvalue weighted by Gasteiger charge is -2.36. The van der Waals surface area contributed by atoms with Gasteiger partial charge in [-0.1, -0.05) is 24.4 Å². The first-order valence-electron chi connectivity index (χ1n) is 6.02. The summed E-state index contributed by atoms with van der Waals surface area (Å²) >= 11 is 5.98. The number of nitrogens with one attached hydrogen (secondary N) is 1. The maximum atomic E-state index is 5.98. The van der Waals surface area contributed by atoms with Crippen LogP contribution in [0.25, 0.3) is 0 Å². The van der Waals surface area contributed by atoms with Gasteiger partial charge in [0.05, 0.1) is 0 Å². The molecule has 1 aliphatic carbocycles. The van der Waals surface area contributed by atoms with Gasteiger partial charge in [0.25, 0.3) is 0 Å². The van der Waals surface area contributed by atoms with Crippen molar-refractivity contribution in [3.05, 3.63) is 17.5 Å². The van der Waals surface area contributed by atoms with E-state index >= 15 is 0 Å². The minimum absolute atomic E-state index is 0.237. The molecule has 5 heteroatoms. The van der Waals surface area contributed by atoms with Crippen LogP contribution in [0.5, 0.6) is 0 Å². The highest BCUT2D eigenvalue weighted by atomic mass is 35.5. The smallest absolute Gasteiger partial charge is 0.171 e. The normalized spacial score (nSPS) is 18.6. The summed E-state index contributed by atoms with van der Waals surface area (Å²) in [6.45, 7) is 0.873. The van der Waals surface area contributed by atoms with E-state index in [0.717, 1.165) is 6.54 Å². The molecule has 4 nitrogen and oxygen atoms in total. The molecule has 1 N–H and O–H groups in total. The quantitative estimate of drug-likeness (QED) is 0.896. The van der Waals surface area contributed by atoms with Gasteiger partial charge in [-0.15, -0.1) is 0 Å². The summed E-state index contributed by atoms with van der Waals surface area (Å²) in [6.07, 6.45) is 8.31. The third-order valence-corrected chi connectivity index (χ3v) is 4.00. The molecule has 1 saturated carbocycles. The van der Waals surface area contributed by atoms with Crippen molar-refractivity contribution < 1.29 is 0 Å². The predicted molar refractivity (Wildman–Crippen MR) is 70.4 cm³/mol. The molecule has 0 radical (unpaired) electrons. The molecule has 0 aromatic carbocycles. The van der Waals surface area contributed by atoms with Crippen molar-refractivity contribution in [2.24, 2.45) is 0 Å². The summed E-state index contributed by atoms with van der Waals surface area (Å²) in [5, 5.41) is 3.77. The summed E-state index contributed by atoms with van der Waals surface area (Å²) < 4.78 is 0. The lowest BCUT2D eigenvalue weighted by molar-refractivity contribution is 0.172. The van der Waals surface area contributed by atoms with Crippen LogP contribution in [0.3, 0.4) is 0 Å². The Morgan fingerprint density at radius 2 is 1.94 bits per heavy atom. The fourth-order valence-corrected chi connectivity index (χ4v) is 2.68. The number of anilines is 1. The van der Waals surface area contributed by atoms with Gasteiger partial charge in [0, 0.05) is 24.5 Å². The van der Waals surface area contributed by atoms with E-state index < -0.39 is 0 Å². The summed E-state index contributed by atoms with van der Waals surface area (Å²) in [5.74, 6) is 0.683. The van der Waals surface area contributed by atoms with Gasteiger partial charge in [-0.3, -0.25) is 0 Å². The van der Waals surface area contributed by atoms with Crippen LogP contribution in [0.2, 0.25) is 5.15 Å². The molecule has 1 aromatic heterocycles. The summed E-state index contributed by atoms with van der Waals surface area (Å²) in [5.41, 5.74) is 0.237. The molecule has 2 rings (SSSR count). The van der Waals surface area contributed by atoms with Gasteiger partial charge in [-0.05, 0) is 26.9 Å². The molecule has 0 amide bonds. The van der Waals surface area contributed by atoms with Crippen LogP contribution in [0.1, 0.15) is 25.7 Å². The molecule has 1 aromatic rings. The van der Waals surface area contributed by atoms with Crippen LogP contribution in [0.4, 0.5) is 5.82 Å². The second-order valence-electron chi connectivity index (χ2n) is 4.88. The largest absolute Gasteiger partial charge is 0.366 e. The number of halogens is 1. The van der Waals surface area contributed by atoms with Gasteiger partial charge in [0.1, 0.15) is 0 Å². The van der Waals surface area contributed by atoms with Gasteiger partial charge >= 0.3 is 0 Å². The van der Waals surface area contributed by atoms with Gasteiger partial charge < -0.3 is 10.2 Å². The maximum Gasteiger partial charge on any atom is 0.171 e. The predicted octanol–water partition coefficient (Wildman–Crippen LogP) is 2.42. The first-order chi connectivity index (χ1) is 8.14. The van der Waals surface area contributed by atoms with Crippen LogP contribution in [-0.2, 0) is 0 Å².